The Morgan fingerprint density at radius 2 is 1.35 bits per heavy atom. The molecule has 51 heavy (non-hydrogen) atoms. The quantitative estimate of drug-likeness (QED) is 0.128. The molecule has 0 aliphatic heterocycles. The number of pyridine rings is 1. The summed E-state index contributed by atoms with van der Waals surface area (Å²) in [5, 5.41) is 2.24. The Labute approximate surface area is 314 Å². The molecule has 6 heteroatoms. The third-order valence-electron chi connectivity index (χ3n) is 9.37. The maximum Gasteiger partial charge on any atom is 0.268 e. The predicted octanol–water partition coefficient (Wildman–Crippen LogP) is 10.5. The van der Waals surface area contributed by atoms with E-state index in [-0.39, 0.29) is 31.9 Å². The Morgan fingerprint density at radius 3 is 2.08 bits per heavy atom. The van der Waals surface area contributed by atoms with Gasteiger partial charge in [-0.1, -0.05) is 95.6 Å². The first-order valence-corrected chi connectivity index (χ1v) is 17.1. The predicted molar refractivity (Wildman–Crippen MR) is 202 cm³/mol. The van der Waals surface area contributed by atoms with E-state index in [1.807, 2.05) is 36.5 Å². The van der Waals surface area contributed by atoms with Gasteiger partial charge in [-0.2, -0.15) is 18.2 Å². The van der Waals surface area contributed by atoms with E-state index in [2.05, 4.69) is 159 Å². The molecule has 0 radical (unpaired) electrons. The molecule has 0 amide bonds. The first kappa shape index (κ1) is 34.5. The zero-order valence-electron chi connectivity index (χ0n) is 30.0. The molecule has 0 fully saturated rings. The van der Waals surface area contributed by atoms with Crippen molar-refractivity contribution >= 4 is 32.8 Å². The summed E-state index contributed by atoms with van der Waals surface area (Å²) in [6, 6.07) is 45.0. The third-order valence-corrected chi connectivity index (χ3v) is 9.37. The number of para-hydroxylation sites is 3. The molecule has 3 heterocycles. The second kappa shape index (κ2) is 13.0. The van der Waals surface area contributed by atoms with Gasteiger partial charge in [-0.15, -0.1) is 29.7 Å². The van der Waals surface area contributed by atoms with Crippen LogP contribution in [-0.4, -0.2) is 14.1 Å². The third kappa shape index (κ3) is 6.41. The van der Waals surface area contributed by atoms with E-state index in [1.165, 1.54) is 11.1 Å². The van der Waals surface area contributed by atoms with Gasteiger partial charge in [0.15, 0.2) is 0 Å². The maximum absolute atomic E-state index is 6.49. The van der Waals surface area contributed by atoms with Crippen molar-refractivity contribution in [2.24, 2.45) is 0 Å². The fourth-order valence-electron chi connectivity index (χ4n) is 6.60. The fraction of sp³-hybridized carbons (Fsp3) is 0.200. The summed E-state index contributed by atoms with van der Waals surface area (Å²) in [6.45, 7) is 15.7. The molecule has 0 unspecified atom stereocenters. The van der Waals surface area contributed by atoms with Crippen molar-refractivity contribution in [1.29, 1.82) is 0 Å². The van der Waals surface area contributed by atoms with E-state index >= 15 is 0 Å². The summed E-state index contributed by atoms with van der Waals surface area (Å²) in [6.07, 6.45) is 5.52. The molecule has 8 aromatic rings. The number of benzene rings is 5. The summed E-state index contributed by atoms with van der Waals surface area (Å²) in [5.41, 5.74) is 9.74. The van der Waals surface area contributed by atoms with Crippen LogP contribution in [0.4, 0.5) is 0 Å². The van der Waals surface area contributed by atoms with Crippen LogP contribution < -0.4 is 9.30 Å². The van der Waals surface area contributed by atoms with E-state index in [9.17, 15) is 0 Å². The molecule has 0 N–H and O–H groups in total. The number of rotatable bonds is 5. The van der Waals surface area contributed by atoms with Gasteiger partial charge < -0.3 is 13.9 Å². The molecule has 8 rings (SSSR count). The van der Waals surface area contributed by atoms with E-state index < -0.39 is 0 Å². The summed E-state index contributed by atoms with van der Waals surface area (Å²) < 4.78 is 12.9. The molecule has 0 bridgehead atoms. The average Bonchev–Trinajstić information content (AvgIpc) is 3.64. The number of hydrogen-bond acceptors (Lipinski definition) is 2. The molecule has 0 atom stereocenters. The normalized spacial score (nSPS) is 12.1. The minimum atomic E-state index is -0.000662. The molecule has 5 nitrogen and oxygen atoms in total. The number of aromatic nitrogens is 4. The van der Waals surface area contributed by atoms with Crippen molar-refractivity contribution in [1.82, 2.24) is 14.1 Å². The number of aryl methyl sites for hydroxylation is 1. The Hall–Kier alpha value is -4.99. The minimum Gasteiger partial charge on any atom is -0.510 e. The fourth-order valence-corrected chi connectivity index (χ4v) is 6.60. The smallest absolute Gasteiger partial charge is 0.268 e. The number of imidazole rings is 1. The Kier molecular flexibility index (Phi) is 8.76. The van der Waals surface area contributed by atoms with Gasteiger partial charge in [-0.25, -0.2) is 4.98 Å². The Morgan fingerprint density at radius 1 is 0.667 bits per heavy atom. The SMILES string of the molecule is Cc1ccnc(-n2c3[c-]c(Oc4[c-]c(-[n+]5[c-]n(-c6cc(C(C)(C)C)cc(C(C)(C)C)c6)c6ccccc65)ccc4)ccc3c3ccccc32)c1.[Pt]. The minimum absolute atomic E-state index is 0. The Bertz CT molecular complexity index is 2530. The molecule has 3 aromatic heterocycles. The topological polar surface area (TPSA) is 35.9 Å². The van der Waals surface area contributed by atoms with Crippen molar-refractivity contribution in [3.63, 3.8) is 0 Å². The van der Waals surface area contributed by atoms with Crippen LogP contribution in [0.5, 0.6) is 11.5 Å². The van der Waals surface area contributed by atoms with Gasteiger partial charge in [0.1, 0.15) is 5.82 Å². The Balaban J connectivity index is 0.00000406. The monoisotopic (exact) mass is 847 g/mol. The number of fused-ring (bicyclic) bond motifs is 4. The molecule has 258 valence electrons. The van der Waals surface area contributed by atoms with Crippen LogP contribution in [0.15, 0.2) is 115 Å². The molecule has 0 saturated heterocycles. The van der Waals surface area contributed by atoms with E-state index in [4.69, 9.17) is 9.72 Å². The van der Waals surface area contributed by atoms with E-state index in [0.717, 1.165) is 55.6 Å². The van der Waals surface area contributed by atoms with Crippen molar-refractivity contribution in [2.45, 2.75) is 59.3 Å². The second-order valence-electron chi connectivity index (χ2n) is 15.2. The van der Waals surface area contributed by atoms with E-state index in [1.54, 1.807) is 0 Å². The van der Waals surface area contributed by atoms with Gasteiger partial charge in [0, 0.05) is 44.3 Å². The zero-order valence-corrected chi connectivity index (χ0v) is 32.3. The van der Waals surface area contributed by atoms with Gasteiger partial charge in [0.2, 0.25) is 0 Å². The van der Waals surface area contributed by atoms with Crippen molar-refractivity contribution in [2.75, 3.05) is 0 Å². The van der Waals surface area contributed by atoms with Crippen LogP contribution in [-0.2, 0) is 31.9 Å². The number of ether oxygens (including phenoxy) is 1. The molecule has 0 aliphatic rings. The average molecular weight is 848 g/mol. The first-order valence-electron chi connectivity index (χ1n) is 17.1. The largest absolute Gasteiger partial charge is 0.510 e. The van der Waals surface area contributed by atoms with Gasteiger partial charge in [-0.3, -0.25) is 4.57 Å². The number of hydrogen-bond donors (Lipinski definition) is 0. The van der Waals surface area contributed by atoms with E-state index in [0.29, 0.717) is 11.5 Å². The summed E-state index contributed by atoms with van der Waals surface area (Å²) in [5.74, 6) is 2.05. The van der Waals surface area contributed by atoms with Gasteiger partial charge in [0.05, 0.1) is 16.7 Å². The molecular weight excluding hydrogens is 808 g/mol. The van der Waals surface area contributed by atoms with Gasteiger partial charge >= 0.3 is 0 Å². The second-order valence-corrected chi connectivity index (χ2v) is 15.2. The standard InChI is InChI=1S/C45H40N4O.Pt/c1-30-21-22-46-43(23-30)49-39-16-9-8-15-37(39)38-20-19-36(28-42(38)49)50-35-14-12-13-33(27-35)47-29-48(41-18-11-10-17-40(41)47)34-25-31(44(2,3)4)24-32(26-34)45(5,6)7;/h8-26H,1-7H3;/q-2;. The van der Waals surface area contributed by atoms with Crippen LogP contribution in [0.25, 0.3) is 50.0 Å². The van der Waals surface area contributed by atoms with Crippen molar-refractivity contribution < 1.29 is 30.4 Å². The zero-order chi connectivity index (χ0) is 34.8. The summed E-state index contributed by atoms with van der Waals surface area (Å²) >= 11 is 0. The van der Waals surface area contributed by atoms with Crippen LogP contribution in [0.1, 0.15) is 58.2 Å². The van der Waals surface area contributed by atoms with Gasteiger partial charge in [0.25, 0.3) is 6.33 Å². The van der Waals surface area contributed by atoms with Crippen molar-refractivity contribution in [3.05, 3.63) is 151 Å². The van der Waals surface area contributed by atoms with Crippen molar-refractivity contribution in [3.8, 4) is 28.7 Å². The molecule has 0 aliphatic carbocycles. The molecular formula is C45H40N4OPt-2. The number of nitrogens with zero attached hydrogens (tertiary/aromatic N) is 4. The molecule has 0 spiro atoms. The first-order chi connectivity index (χ1) is 23.9. The van der Waals surface area contributed by atoms with Crippen LogP contribution in [0, 0.1) is 25.4 Å². The van der Waals surface area contributed by atoms with Crippen LogP contribution in [0.2, 0.25) is 0 Å². The maximum atomic E-state index is 6.49. The van der Waals surface area contributed by atoms with Gasteiger partial charge in [-0.05, 0) is 75.8 Å². The van der Waals surface area contributed by atoms with Crippen LogP contribution in [0.3, 0.4) is 0 Å². The summed E-state index contributed by atoms with van der Waals surface area (Å²) in [7, 11) is 0. The van der Waals surface area contributed by atoms with Crippen LogP contribution >= 0.6 is 0 Å². The molecule has 5 aromatic carbocycles. The summed E-state index contributed by atoms with van der Waals surface area (Å²) in [4.78, 5) is 4.71. The molecule has 0 saturated carbocycles.